The Labute approximate surface area is 129 Å². The van der Waals surface area contributed by atoms with Gasteiger partial charge >= 0.3 is 0 Å². The van der Waals surface area contributed by atoms with Crippen LogP contribution in [-0.2, 0) is 4.79 Å². The number of ether oxygens (including phenoxy) is 1. The van der Waals surface area contributed by atoms with Crippen LogP contribution in [0.15, 0.2) is 28.9 Å². The maximum atomic E-state index is 11.8. The summed E-state index contributed by atoms with van der Waals surface area (Å²) in [6.07, 6.45) is 2.13. The van der Waals surface area contributed by atoms with Crippen molar-refractivity contribution in [2.45, 2.75) is 33.6 Å². The fourth-order valence-corrected chi connectivity index (χ4v) is 1.76. The zero-order valence-corrected chi connectivity index (χ0v) is 13.1. The van der Waals surface area contributed by atoms with Crippen LogP contribution in [0.4, 0.5) is 5.82 Å². The Bertz CT molecular complexity index is 605. The van der Waals surface area contributed by atoms with E-state index in [0.717, 1.165) is 24.2 Å². The van der Waals surface area contributed by atoms with Crippen molar-refractivity contribution in [1.29, 1.82) is 0 Å². The molecule has 2 rings (SSSR count). The van der Waals surface area contributed by atoms with Gasteiger partial charge in [0.15, 0.2) is 5.69 Å². The van der Waals surface area contributed by atoms with Crippen LogP contribution in [0.5, 0.6) is 5.75 Å². The largest absolute Gasteiger partial charge is 0.494 e. The van der Waals surface area contributed by atoms with Gasteiger partial charge in [0.25, 0.3) is 0 Å². The number of anilines is 1. The van der Waals surface area contributed by atoms with E-state index < -0.39 is 0 Å². The molecule has 0 spiro atoms. The summed E-state index contributed by atoms with van der Waals surface area (Å²) >= 11 is 0. The second-order valence-electron chi connectivity index (χ2n) is 5.33. The molecule has 0 fully saturated rings. The van der Waals surface area contributed by atoms with Crippen LogP contribution in [0.1, 0.15) is 33.6 Å². The molecule has 2 aromatic rings. The molecule has 6 heteroatoms. The molecule has 0 aliphatic carbocycles. The minimum absolute atomic E-state index is 0.128. The third-order valence-electron chi connectivity index (χ3n) is 3.15. The highest BCUT2D eigenvalue weighted by Gasteiger charge is 2.16. The Morgan fingerprint density at radius 3 is 2.64 bits per heavy atom. The number of hydrogen-bond donors (Lipinski definition) is 1. The number of nitrogens with zero attached hydrogens (tertiary/aromatic N) is 2. The van der Waals surface area contributed by atoms with Crippen LogP contribution in [0.2, 0.25) is 0 Å². The first-order chi connectivity index (χ1) is 10.6. The highest BCUT2D eigenvalue weighted by atomic mass is 16.6. The number of rotatable bonds is 7. The predicted octanol–water partition coefficient (Wildman–Crippen LogP) is 3.51. The maximum absolute atomic E-state index is 11.8. The van der Waals surface area contributed by atoms with Gasteiger partial charge < -0.3 is 10.1 Å². The van der Waals surface area contributed by atoms with Gasteiger partial charge in [-0.25, -0.2) is 4.63 Å². The normalized spacial score (nSPS) is 10.7. The van der Waals surface area contributed by atoms with Crippen molar-refractivity contribution in [2.75, 3.05) is 11.9 Å². The average Bonchev–Trinajstić information content (AvgIpc) is 2.96. The molecular weight excluding hydrogens is 282 g/mol. The molecule has 22 heavy (non-hydrogen) atoms. The van der Waals surface area contributed by atoms with Gasteiger partial charge in [-0.15, -0.1) is 0 Å². The number of benzene rings is 1. The highest BCUT2D eigenvalue weighted by molar-refractivity contribution is 5.94. The third kappa shape index (κ3) is 4.07. The smallest absolute Gasteiger partial charge is 0.228 e. The quantitative estimate of drug-likeness (QED) is 0.792. The number of nitrogens with one attached hydrogen (secondary N) is 1. The van der Waals surface area contributed by atoms with Gasteiger partial charge in [-0.1, -0.05) is 27.2 Å². The van der Waals surface area contributed by atoms with Crippen molar-refractivity contribution in [3.8, 4) is 17.0 Å². The summed E-state index contributed by atoms with van der Waals surface area (Å²) in [4.78, 5) is 11.8. The standard InChI is InChI=1S/C16H21N3O3/c1-4-5-10-21-13-8-6-12(7-9-13)14-15(19-22-18-14)17-16(20)11(2)3/h6-9,11H,4-5,10H2,1-3H3,(H,17,19,20). The fraction of sp³-hybridized carbons (Fsp3) is 0.438. The molecule has 1 N–H and O–H groups in total. The average molecular weight is 303 g/mol. The van der Waals surface area contributed by atoms with Crippen molar-refractivity contribution in [3.63, 3.8) is 0 Å². The molecule has 6 nitrogen and oxygen atoms in total. The summed E-state index contributed by atoms with van der Waals surface area (Å²) < 4.78 is 10.4. The molecule has 0 bridgehead atoms. The summed E-state index contributed by atoms with van der Waals surface area (Å²) in [5, 5.41) is 10.3. The molecule has 0 unspecified atom stereocenters. The van der Waals surface area contributed by atoms with E-state index in [2.05, 4.69) is 22.6 Å². The predicted molar refractivity (Wildman–Crippen MR) is 83.6 cm³/mol. The number of carbonyl (C=O) groups excluding carboxylic acids is 1. The number of carbonyl (C=O) groups is 1. The first kappa shape index (κ1) is 16.0. The van der Waals surface area contributed by atoms with E-state index in [0.29, 0.717) is 18.1 Å². The number of unbranched alkanes of at least 4 members (excludes halogenated alkanes) is 1. The molecule has 1 amide bonds. The molecule has 0 saturated heterocycles. The third-order valence-corrected chi connectivity index (χ3v) is 3.15. The van der Waals surface area contributed by atoms with E-state index in [-0.39, 0.29) is 11.8 Å². The summed E-state index contributed by atoms with van der Waals surface area (Å²) in [7, 11) is 0. The number of hydrogen-bond acceptors (Lipinski definition) is 5. The van der Waals surface area contributed by atoms with Gasteiger partial charge in [-0.3, -0.25) is 4.79 Å². The Balaban J connectivity index is 2.09. The molecule has 1 heterocycles. The van der Waals surface area contributed by atoms with E-state index in [1.165, 1.54) is 0 Å². The Kier molecular flexibility index (Phi) is 5.52. The number of aromatic nitrogens is 2. The highest BCUT2D eigenvalue weighted by Crippen LogP contribution is 2.26. The summed E-state index contributed by atoms with van der Waals surface area (Å²) in [5.74, 6) is 0.870. The van der Waals surface area contributed by atoms with E-state index in [1.54, 1.807) is 0 Å². The molecule has 0 saturated carbocycles. The van der Waals surface area contributed by atoms with Crippen molar-refractivity contribution in [2.24, 2.45) is 5.92 Å². The maximum Gasteiger partial charge on any atom is 0.228 e. The summed E-state index contributed by atoms with van der Waals surface area (Å²) in [6, 6.07) is 7.47. The van der Waals surface area contributed by atoms with E-state index in [9.17, 15) is 4.79 Å². The topological polar surface area (TPSA) is 77.2 Å². The second kappa shape index (κ2) is 7.59. The van der Waals surface area contributed by atoms with Gasteiger partial charge in [0.1, 0.15) is 5.75 Å². The fourth-order valence-electron chi connectivity index (χ4n) is 1.76. The van der Waals surface area contributed by atoms with Crippen LogP contribution >= 0.6 is 0 Å². The van der Waals surface area contributed by atoms with Gasteiger partial charge in [0.05, 0.1) is 6.61 Å². The first-order valence-corrected chi connectivity index (χ1v) is 7.48. The minimum atomic E-state index is -0.140. The van der Waals surface area contributed by atoms with Crippen LogP contribution in [-0.4, -0.2) is 22.8 Å². The van der Waals surface area contributed by atoms with Crippen molar-refractivity contribution in [3.05, 3.63) is 24.3 Å². The van der Waals surface area contributed by atoms with Crippen LogP contribution in [0.3, 0.4) is 0 Å². The van der Waals surface area contributed by atoms with Crippen molar-refractivity contribution in [1.82, 2.24) is 10.3 Å². The van der Waals surface area contributed by atoms with Gasteiger partial charge in [0, 0.05) is 11.5 Å². The van der Waals surface area contributed by atoms with Crippen LogP contribution in [0.25, 0.3) is 11.3 Å². The molecule has 0 radical (unpaired) electrons. The zero-order valence-electron chi connectivity index (χ0n) is 13.1. The molecule has 1 aromatic carbocycles. The lowest BCUT2D eigenvalue weighted by Gasteiger charge is -2.07. The Morgan fingerprint density at radius 1 is 1.27 bits per heavy atom. The van der Waals surface area contributed by atoms with Gasteiger partial charge in [-0.2, -0.15) is 0 Å². The Hall–Kier alpha value is -2.37. The van der Waals surface area contributed by atoms with E-state index in [4.69, 9.17) is 9.37 Å². The van der Waals surface area contributed by atoms with E-state index >= 15 is 0 Å². The van der Waals surface area contributed by atoms with Crippen molar-refractivity contribution < 1.29 is 14.2 Å². The number of amides is 1. The molecular formula is C16H21N3O3. The van der Waals surface area contributed by atoms with Gasteiger partial charge in [0.2, 0.25) is 11.7 Å². The lowest BCUT2D eigenvalue weighted by molar-refractivity contribution is -0.118. The van der Waals surface area contributed by atoms with Gasteiger partial charge in [-0.05, 0) is 41.0 Å². The van der Waals surface area contributed by atoms with Crippen LogP contribution in [0, 0.1) is 5.92 Å². The molecule has 0 aliphatic heterocycles. The van der Waals surface area contributed by atoms with Crippen LogP contribution < -0.4 is 10.1 Å². The lowest BCUT2D eigenvalue weighted by Crippen LogP contribution is -2.18. The van der Waals surface area contributed by atoms with Crippen molar-refractivity contribution >= 4 is 11.7 Å². The lowest BCUT2D eigenvalue weighted by atomic mass is 10.1. The monoisotopic (exact) mass is 303 g/mol. The SMILES string of the molecule is CCCCOc1ccc(-c2nonc2NC(=O)C(C)C)cc1. The molecule has 1 aromatic heterocycles. The van der Waals surface area contributed by atoms with E-state index in [1.807, 2.05) is 38.1 Å². The summed E-state index contributed by atoms with van der Waals surface area (Å²) in [6.45, 7) is 6.45. The molecule has 118 valence electrons. The molecule has 0 atom stereocenters. The Morgan fingerprint density at radius 2 is 2.00 bits per heavy atom. The summed E-state index contributed by atoms with van der Waals surface area (Å²) in [5.41, 5.74) is 1.32. The zero-order chi connectivity index (χ0) is 15.9. The second-order valence-corrected chi connectivity index (χ2v) is 5.33. The minimum Gasteiger partial charge on any atom is -0.494 e. The first-order valence-electron chi connectivity index (χ1n) is 7.48. The molecule has 0 aliphatic rings.